The normalized spacial score (nSPS) is 9.00. The molecule has 3 rings (SSSR count). The molecule has 0 saturated heterocycles. The highest BCUT2D eigenvalue weighted by molar-refractivity contribution is 7.09. The lowest BCUT2D eigenvalue weighted by molar-refractivity contribution is 0.628. The second-order valence-corrected chi connectivity index (χ2v) is 5.84. The van der Waals surface area contributed by atoms with Crippen LogP contribution in [0.25, 0.3) is 11.3 Å². The number of aryl methyl sites for hydroxylation is 1. The third-order valence-corrected chi connectivity index (χ3v) is 3.81. The van der Waals surface area contributed by atoms with E-state index in [1.54, 1.807) is 29.7 Å². The summed E-state index contributed by atoms with van der Waals surface area (Å²) in [4.78, 5) is 8.56. The summed E-state index contributed by atoms with van der Waals surface area (Å²) in [6.45, 7) is 1.93. The molecular formula is C18H12Cl2FN3S. The number of nitriles is 1. The minimum absolute atomic E-state index is 0. The minimum Gasteiger partial charge on any atom is -0.255 e. The molecule has 0 unspecified atom stereocenters. The summed E-state index contributed by atoms with van der Waals surface area (Å²) in [5.41, 5.74) is 2.91. The minimum atomic E-state index is -0.455. The molecule has 0 atom stereocenters. The van der Waals surface area contributed by atoms with Crippen molar-refractivity contribution in [2.75, 3.05) is 0 Å². The van der Waals surface area contributed by atoms with Crippen molar-refractivity contribution in [2.45, 2.75) is 6.92 Å². The molecule has 3 nitrogen and oxygen atoms in total. The van der Waals surface area contributed by atoms with Crippen molar-refractivity contribution < 1.29 is 4.39 Å². The molecule has 3 aromatic rings. The Bertz CT molecular complexity index is 966. The first-order chi connectivity index (χ1) is 11.1. The van der Waals surface area contributed by atoms with Crippen molar-refractivity contribution in [3.05, 3.63) is 69.6 Å². The molecule has 0 fully saturated rings. The van der Waals surface area contributed by atoms with Gasteiger partial charge < -0.3 is 0 Å². The van der Waals surface area contributed by atoms with Gasteiger partial charge in [0.05, 0.1) is 22.3 Å². The fourth-order valence-corrected chi connectivity index (χ4v) is 2.54. The SMILES string of the molecule is Cc1nc(C#Cc2ccc(-c3cc(F)cc(C#N)c3)nc2)cs1.Cl.Cl. The summed E-state index contributed by atoms with van der Waals surface area (Å²) >= 11 is 1.55. The highest BCUT2D eigenvalue weighted by Gasteiger charge is 2.04. The molecular weight excluding hydrogens is 380 g/mol. The van der Waals surface area contributed by atoms with E-state index in [-0.39, 0.29) is 30.4 Å². The van der Waals surface area contributed by atoms with Crippen LogP contribution in [-0.4, -0.2) is 9.97 Å². The number of hydrogen-bond donors (Lipinski definition) is 0. The van der Waals surface area contributed by atoms with Gasteiger partial charge in [-0.2, -0.15) is 5.26 Å². The molecule has 0 aliphatic rings. The van der Waals surface area contributed by atoms with Crippen molar-refractivity contribution in [3.8, 4) is 29.2 Å². The molecule has 0 N–H and O–H groups in total. The fraction of sp³-hybridized carbons (Fsp3) is 0.0556. The molecule has 126 valence electrons. The van der Waals surface area contributed by atoms with Gasteiger partial charge in [0.15, 0.2) is 0 Å². The molecule has 2 aromatic heterocycles. The largest absolute Gasteiger partial charge is 0.255 e. The van der Waals surface area contributed by atoms with Crippen LogP contribution in [0.1, 0.15) is 21.8 Å². The second-order valence-electron chi connectivity index (χ2n) is 4.77. The number of pyridine rings is 1. The first kappa shape index (κ1) is 20.6. The topological polar surface area (TPSA) is 49.6 Å². The Morgan fingerprint density at radius 2 is 1.88 bits per heavy atom. The van der Waals surface area contributed by atoms with Crippen molar-refractivity contribution in [3.63, 3.8) is 0 Å². The highest BCUT2D eigenvalue weighted by atomic mass is 35.5. The van der Waals surface area contributed by atoms with Gasteiger partial charge >= 0.3 is 0 Å². The van der Waals surface area contributed by atoms with Gasteiger partial charge in [0, 0.05) is 22.7 Å². The number of rotatable bonds is 1. The van der Waals surface area contributed by atoms with Crippen LogP contribution in [0.2, 0.25) is 0 Å². The van der Waals surface area contributed by atoms with E-state index >= 15 is 0 Å². The summed E-state index contributed by atoms with van der Waals surface area (Å²) in [5, 5.41) is 11.8. The van der Waals surface area contributed by atoms with Crippen molar-refractivity contribution in [1.29, 1.82) is 5.26 Å². The Hall–Kier alpha value is -2.44. The van der Waals surface area contributed by atoms with Crippen LogP contribution in [0.15, 0.2) is 41.9 Å². The van der Waals surface area contributed by atoms with E-state index in [0.717, 1.165) is 16.3 Å². The lowest BCUT2D eigenvalue weighted by atomic mass is 10.1. The van der Waals surface area contributed by atoms with Crippen molar-refractivity contribution in [1.82, 2.24) is 9.97 Å². The first-order valence-corrected chi connectivity index (χ1v) is 7.63. The molecule has 2 heterocycles. The van der Waals surface area contributed by atoms with Crippen LogP contribution < -0.4 is 0 Å². The van der Waals surface area contributed by atoms with Crippen LogP contribution in [0.4, 0.5) is 4.39 Å². The maximum Gasteiger partial charge on any atom is 0.125 e. The van der Waals surface area contributed by atoms with Crippen LogP contribution in [0.3, 0.4) is 0 Å². The fourth-order valence-electron chi connectivity index (χ4n) is 2.00. The summed E-state index contributed by atoms with van der Waals surface area (Å²) < 4.78 is 13.5. The maximum atomic E-state index is 13.5. The Labute approximate surface area is 161 Å². The van der Waals surface area contributed by atoms with E-state index in [9.17, 15) is 4.39 Å². The molecule has 7 heteroatoms. The van der Waals surface area contributed by atoms with Gasteiger partial charge in [-0.15, -0.1) is 36.2 Å². The van der Waals surface area contributed by atoms with Gasteiger partial charge in [-0.25, -0.2) is 9.37 Å². The quantitative estimate of drug-likeness (QED) is 0.561. The number of thiazole rings is 1. The first-order valence-electron chi connectivity index (χ1n) is 6.75. The van der Waals surface area contributed by atoms with E-state index in [2.05, 4.69) is 21.8 Å². The zero-order valence-corrected chi connectivity index (χ0v) is 15.4. The van der Waals surface area contributed by atoms with Crippen LogP contribution in [0, 0.1) is 35.9 Å². The molecule has 0 radical (unpaired) electrons. The lowest BCUT2D eigenvalue weighted by Gasteiger charge is -2.02. The Morgan fingerprint density at radius 3 is 2.48 bits per heavy atom. The van der Waals surface area contributed by atoms with Gasteiger partial charge in [-0.1, -0.05) is 5.92 Å². The number of halogens is 3. The number of benzene rings is 1. The Morgan fingerprint density at radius 1 is 1.08 bits per heavy atom. The van der Waals surface area contributed by atoms with E-state index in [1.165, 1.54) is 12.1 Å². The number of hydrogen-bond acceptors (Lipinski definition) is 4. The zero-order valence-electron chi connectivity index (χ0n) is 13.0. The summed E-state index contributed by atoms with van der Waals surface area (Å²) in [6, 6.07) is 9.65. The Kier molecular flexibility index (Phi) is 7.54. The average Bonchev–Trinajstić information content (AvgIpc) is 2.98. The van der Waals surface area contributed by atoms with E-state index < -0.39 is 5.82 Å². The Balaban J connectivity index is 0.00000156. The predicted molar refractivity (Wildman–Crippen MR) is 102 cm³/mol. The second kappa shape index (κ2) is 9.15. The van der Waals surface area contributed by atoms with Crippen LogP contribution in [-0.2, 0) is 0 Å². The van der Waals surface area contributed by atoms with Gasteiger partial charge in [-0.3, -0.25) is 4.98 Å². The summed E-state index contributed by atoms with van der Waals surface area (Å²) in [5.74, 6) is 5.51. The van der Waals surface area contributed by atoms with Crippen molar-refractivity contribution in [2.24, 2.45) is 0 Å². The smallest absolute Gasteiger partial charge is 0.125 e. The van der Waals surface area contributed by atoms with Gasteiger partial charge in [0.25, 0.3) is 0 Å². The van der Waals surface area contributed by atoms with Crippen LogP contribution in [0.5, 0.6) is 0 Å². The molecule has 0 spiro atoms. The van der Waals surface area contributed by atoms with Gasteiger partial charge in [-0.05, 0) is 43.2 Å². The molecule has 0 bridgehead atoms. The standard InChI is InChI=1S/C18H10FN3S.2ClH/c1-12-22-17(11-23-12)4-2-13-3-5-18(21-10-13)15-6-14(9-20)7-16(19)8-15;;/h3,5-8,10-11H,1H3;2*1H. The molecule has 0 aliphatic carbocycles. The summed E-state index contributed by atoms with van der Waals surface area (Å²) in [6.07, 6.45) is 1.62. The lowest BCUT2D eigenvalue weighted by Crippen LogP contribution is -1.88. The zero-order chi connectivity index (χ0) is 16.2. The average molecular weight is 392 g/mol. The van der Waals surface area contributed by atoms with Gasteiger partial charge in [0.2, 0.25) is 0 Å². The third-order valence-electron chi connectivity index (χ3n) is 3.04. The van der Waals surface area contributed by atoms with Gasteiger partial charge in [0.1, 0.15) is 11.5 Å². The molecule has 1 aromatic carbocycles. The third kappa shape index (κ3) is 5.27. The van der Waals surface area contributed by atoms with Crippen molar-refractivity contribution >= 4 is 36.2 Å². The molecule has 0 aliphatic heterocycles. The van der Waals surface area contributed by atoms with E-state index in [1.807, 2.05) is 24.4 Å². The molecule has 25 heavy (non-hydrogen) atoms. The monoisotopic (exact) mass is 391 g/mol. The van der Waals surface area contributed by atoms with Crippen LogP contribution >= 0.6 is 36.2 Å². The van der Waals surface area contributed by atoms with E-state index in [4.69, 9.17) is 5.26 Å². The van der Waals surface area contributed by atoms with E-state index in [0.29, 0.717) is 11.3 Å². The number of nitrogens with zero attached hydrogens (tertiary/aromatic N) is 3. The molecule has 0 saturated carbocycles. The highest BCUT2D eigenvalue weighted by Crippen LogP contribution is 2.20. The number of aromatic nitrogens is 2. The summed E-state index contributed by atoms with van der Waals surface area (Å²) in [7, 11) is 0. The molecule has 0 amide bonds. The predicted octanol–water partition coefficient (Wildman–Crippen LogP) is 4.77. The maximum absolute atomic E-state index is 13.5.